The minimum Gasteiger partial charge on any atom is -0.314 e. The second-order valence-corrected chi connectivity index (χ2v) is 5.44. The van der Waals surface area contributed by atoms with E-state index in [4.69, 9.17) is 0 Å². The average molecular weight is 295 g/mol. The third-order valence-electron chi connectivity index (χ3n) is 4.11. The number of aromatic amines is 1. The molecule has 0 saturated carbocycles. The average Bonchev–Trinajstić information content (AvgIpc) is 2.81. The number of fused-ring (bicyclic) bond motifs is 3. The number of pyridine rings is 1. The van der Waals surface area contributed by atoms with E-state index in [0.717, 1.165) is 16.3 Å². The van der Waals surface area contributed by atoms with E-state index in [1.165, 1.54) is 6.07 Å². The Labute approximate surface area is 124 Å². The number of carbonyl (C=O) groups is 2. The Morgan fingerprint density at radius 3 is 2.64 bits per heavy atom. The molecule has 6 nitrogen and oxygen atoms in total. The van der Waals surface area contributed by atoms with E-state index in [0.29, 0.717) is 18.5 Å². The van der Waals surface area contributed by atoms with Crippen LogP contribution in [0, 0.1) is 0 Å². The van der Waals surface area contributed by atoms with Gasteiger partial charge in [0.15, 0.2) is 0 Å². The first kappa shape index (κ1) is 12.8. The zero-order chi connectivity index (χ0) is 15.3. The monoisotopic (exact) mass is 295 g/mol. The highest BCUT2D eigenvalue weighted by molar-refractivity contribution is 6.08. The standard InChI is InChI=1S/C16H13N3O3/c20-13-7-5-10-9-3-1-2-4-11(9)19(15(10)17-13)12-6-8-14(21)18-16(12)22/h1-5,7,12H,6,8H2,(H,17,20)(H,18,21,22). The molecule has 22 heavy (non-hydrogen) atoms. The van der Waals surface area contributed by atoms with E-state index < -0.39 is 6.04 Å². The van der Waals surface area contributed by atoms with Crippen LogP contribution in [0.1, 0.15) is 18.9 Å². The van der Waals surface area contributed by atoms with Crippen molar-refractivity contribution in [2.75, 3.05) is 0 Å². The Morgan fingerprint density at radius 1 is 1.00 bits per heavy atom. The van der Waals surface area contributed by atoms with E-state index in [9.17, 15) is 14.4 Å². The van der Waals surface area contributed by atoms with Gasteiger partial charge in [0.1, 0.15) is 11.7 Å². The molecule has 3 aromatic rings. The number of rotatable bonds is 1. The number of hydrogen-bond donors (Lipinski definition) is 2. The Kier molecular flexibility index (Phi) is 2.66. The lowest BCUT2D eigenvalue weighted by atomic mass is 10.1. The molecule has 1 aliphatic heterocycles. The fourth-order valence-electron chi connectivity index (χ4n) is 3.16. The molecule has 1 atom stereocenters. The molecule has 2 amide bonds. The van der Waals surface area contributed by atoms with E-state index in [1.807, 2.05) is 28.8 Å². The summed E-state index contributed by atoms with van der Waals surface area (Å²) in [5.74, 6) is -0.584. The summed E-state index contributed by atoms with van der Waals surface area (Å²) in [6.07, 6.45) is 0.719. The highest BCUT2D eigenvalue weighted by Crippen LogP contribution is 2.32. The number of piperidine rings is 1. The number of nitrogens with one attached hydrogen (secondary N) is 2. The summed E-state index contributed by atoms with van der Waals surface area (Å²) in [6, 6.07) is 10.4. The summed E-state index contributed by atoms with van der Waals surface area (Å²) in [5.41, 5.74) is 1.26. The van der Waals surface area contributed by atoms with Gasteiger partial charge in [-0.15, -0.1) is 0 Å². The number of imide groups is 1. The van der Waals surface area contributed by atoms with Crippen molar-refractivity contribution in [2.45, 2.75) is 18.9 Å². The summed E-state index contributed by atoms with van der Waals surface area (Å²) in [5, 5.41) is 4.23. The normalized spacial score (nSPS) is 18.8. The van der Waals surface area contributed by atoms with Crippen LogP contribution in [-0.4, -0.2) is 21.4 Å². The van der Waals surface area contributed by atoms with Crippen molar-refractivity contribution in [1.29, 1.82) is 0 Å². The number of nitrogens with zero attached hydrogens (tertiary/aromatic N) is 1. The first-order valence-corrected chi connectivity index (χ1v) is 7.11. The molecule has 3 heterocycles. The van der Waals surface area contributed by atoms with Crippen molar-refractivity contribution in [3.63, 3.8) is 0 Å². The Balaban J connectivity index is 2.06. The van der Waals surface area contributed by atoms with Crippen molar-refractivity contribution < 1.29 is 9.59 Å². The number of benzene rings is 1. The van der Waals surface area contributed by atoms with Crippen LogP contribution in [0.4, 0.5) is 0 Å². The molecule has 0 spiro atoms. The molecule has 0 radical (unpaired) electrons. The minimum atomic E-state index is -0.502. The van der Waals surface area contributed by atoms with Crippen molar-refractivity contribution in [3.8, 4) is 0 Å². The first-order valence-electron chi connectivity index (χ1n) is 7.11. The first-order chi connectivity index (χ1) is 10.6. The van der Waals surface area contributed by atoms with Gasteiger partial charge in [-0.05, 0) is 18.6 Å². The molecule has 1 fully saturated rings. The molecule has 2 N–H and O–H groups in total. The molecule has 6 heteroatoms. The summed E-state index contributed by atoms with van der Waals surface area (Å²) in [6.45, 7) is 0. The van der Waals surface area contributed by atoms with Crippen LogP contribution >= 0.6 is 0 Å². The van der Waals surface area contributed by atoms with Crippen LogP contribution < -0.4 is 10.9 Å². The largest absolute Gasteiger partial charge is 0.314 e. The van der Waals surface area contributed by atoms with Gasteiger partial charge in [0.05, 0.1) is 5.52 Å². The molecular weight excluding hydrogens is 282 g/mol. The zero-order valence-electron chi connectivity index (χ0n) is 11.6. The second-order valence-electron chi connectivity index (χ2n) is 5.44. The molecular formula is C16H13N3O3. The number of hydrogen-bond acceptors (Lipinski definition) is 3. The molecule has 0 bridgehead atoms. The third-order valence-corrected chi connectivity index (χ3v) is 4.11. The van der Waals surface area contributed by atoms with Crippen molar-refractivity contribution >= 4 is 33.8 Å². The second kappa shape index (κ2) is 4.56. The smallest absolute Gasteiger partial charge is 0.249 e. The molecule has 1 saturated heterocycles. The van der Waals surface area contributed by atoms with Gasteiger partial charge in [-0.3, -0.25) is 19.7 Å². The van der Waals surface area contributed by atoms with Crippen molar-refractivity contribution in [3.05, 3.63) is 46.8 Å². The van der Waals surface area contributed by atoms with Gasteiger partial charge in [-0.2, -0.15) is 0 Å². The predicted octanol–water partition coefficient (Wildman–Crippen LogP) is 1.46. The summed E-state index contributed by atoms with van der Waals surface area (Å²) < 4.78 is 1.83. The van der Waals surface area contributed by atoms with Gasteiger partial charge in [-0.25, -0.2) is 0 Å². The summed E-state index contributed by atoms with van der Waals surface area (Å²) in [7, 11) is 0. The zero-order valence-corrected chi connectivity index (χ0v) is 11.6. The molecule has 1 aliphatic rings. The Hall–Kier alpha value is -2.89. The van der Waals surface area contributed by atoms with Crippen LogP contribution in [0.15, 0.2) is 41.2 Å². The van der Waals surface area contributed by atoms with Gasteiger partial charge in [-0.1, -0.05) is 18.2 Å². The number of H-pyrrole nitrogens is 1. The maximum absolute atomic E-state index is 12.2. The lowest BCUT2D eigenvalue weighted by Gasteiger charge is -2.23. The maximum Gasteiger partial charge on any atom is 0.249 e. The highest BCUT2D eigenvalue weighted by atomic mass is 16.2. The van der Waals surface area contributed by atoms with Gasteiger partial charge in [0.25, 0.3) is 0 Å². The lowest BCUT2D eigenvalue weighted by molar-refractivity contribution is -0.135. The molecule has 4 rings (SSSR count). The van der Waals surface area contributed by atoms with Gasteiger partial charge >= 0.3 is 0 Å². The quantitative estimate of drug-likeness (QED) is 0.667. The van der Waals surface area contributed by atoms with Gasteiger partial charge < -0.3 is 9.55 Å². The summed E-state index contributed by atoms with van der Waals surface area (Å²) in [4.78, 5) is 38.1. The van der Waals surface area contributed by atoms with E-state index in [-0.39, 0.29) is 17.4 Å². The third kappa shape index (κ3) is 1.77. The minimum absolute atomic E-state index is 0.219. The van der Waals surface area contributed by atoms with Gasteiger partial charge in [0, 0.05) is 23.3 Å². The number of aromatic nitrogens is 2. The number of carbonyl (C=O) groups excluding carboxylic acids is 2. The van der Waals surface area contributed by atoms with Crippen LogP contribution in [0.3, 0.4) is 0 Å². The van der Waals surface area contributed by atoms with Crippen LogP contribution in [0.25, 0.3) is 21.9 Å². The van der Waals surface area contributed by atoms with Crippen LogP contribution in [0.2, 0.25) is 0 Å². The number of amides is 2. The molecule has 2 aromatic heterocycles. The maximum atomic E-state index is 12.2. The van der Waals surface area contributed by atoms with E-state index in [2.05, 4.69) is 10.3 Å². The van der Waals surface area contributed by atoms with E-state index >= 15 is 0 Å². The molecule has 0 aliphatic carbocycles. The lowest BCUT2D eigenvalue weighted by Crippen LogP contribution is -2.41. The molecule has 1 unspecified atom stereocenters. The molecule has 1 aromatic carbocycles. The Bertz CT molecular complexity index is 983. The fraction of sp³-hybridized carbons (Fsp3) is 0.188. The predicted molar refractivity (Wildman–Crippen MR) is 81.5 cm³/mol. The van der Waals surface area contributed by atoms with E-state index in [1.54, 1.807) is 6.07 Å². The van der Waals surface area contributed by atoms with Crippen molar-refractivity contribution in [2.24, 2.45) is 0 Å². The molecule has 110 valence electrons. The summed E-state index contributed by atoms with van der Waals surface area (Å²) >= 11 is 0. The topological polar surface area (TPSA) is 84.0 Å². The highest BCUT2D eigenvalue weighted by Gasteiger charge is 2.30. The fourth-order valence-corrected chi connectivity index (χ4v) is 3.16. The van der Waals surface area contributed by atoms with Crippen LogP contribution in [-0.2, 0) is 9.59 Å². The number of para-hydroxylation sites is 1. The van der Waals surface area contributed by atoms with Crippen LogP contribution in [0.5, 0.6) is 0 Å². The SMILES string of the molecule is O=C1CCC(n2c3ccccc3c3ccc(=O)[nH]c32)C(=O)N1. The van der Waals surface area contributed by atoms with Gasteiger partial charge in [0.2, 0.25) is 17.4 Å². The Morgan fingerprint density at radius 2 is 1.82 bits per heavy atom. The van der Waals surface area contributed by atoms with Crippen molar-refractivity contribution in [1.82, 2.24) is 14.9 Å².